The van der Waals surface area contributed by atoms with Crippen LogP contribution in [0.15, 0.2) is 24.4 Å². The fraction of sp³-hybridized carbons (Fsp3) is 0.375. The van der Waals surface area contributed by atoms with Crippen molar-refractivity contribution >= 4 is 28.2 Å². The summed E-state index contributed by atoms with van der Waals surface area (Å²) >= 11 is 0. The number of carbonyl (C=O) groups is 1. The average Bonchev–Trinajstić information content (AvgIpc) is 2.45. The molecule has 0 fully saturated rings. The van der Waals surface area contributed by atoms with E-state index in [4.69, 9.17) is 10.5 Å². The molecule has 1 aromatic carbocycles. The van der Waals surface area contributed by atoms with Gasteiger partial charge in [-0.05, 0) is 18.9 Å². The van der Waals surface area contributed by atoms with Crippen LogP contribution in [-0.2, 0) is 4.74 Å². The molecule has 5 heteroatoms. The SMILES string of the molecule is CCOC(=O)c1cnc2c(N)cccc2c1NCC(C)C. The van der Waals surface area contributed by atoms with Gasteiger partial charge in [-0.1, -0.05) is 26.0 Å². The Balaban J connectivity index is 2.56. The molecular weight excluding hydrogens is 266 g/mol. The summed E-state index contributed by atoms with van der Waals surface area (Å²) in [5, 5.41) is 4.16. The van der Waals surface area contributed by atoms with Crippen LogP contribution in [0.5, 0.6) is 0 Å². The van der Waals surface area contributed by atoms with Crippen molar-refractivity contribution in [1.29, 1.82) is 0 Å². The van der Waals surface area contributed by atoms with E-state index in [0.717, 1.165) is 17.6 Å². The van der Waals surface area contributed by atoms with Crippen molar-refractivity contribution in [2.24, 2.45) is 5.92 Å². The highest BCUT2D eigenvalue weighted by molar-refractivity contribution is 6.07. The van der Waals surface area contributed by atoms with Crippen LogP contribution in [0.3, 0.4) is 0 Å². The Kier molecular flexibility index (Phi) is 4.62. The first-order valence-electron chi connectivity index (χ1n) is 7.12. The molecule has 1 aromatic heterocycles. The van der Waals surface area contributed by atoms with Crippen molar-refractivity contribution in [3.05, 3.63) is 30.0 Å². The van der Waals surface area contributed by atoms with Gasteiger partial charge in [0.1, 0.15) is 5.56 Å². The number of ether oxygens (including phenoxy) is 1. The minimum Gasteiger partial charge on any atom is -0.462 e. The third-order valence-electron chi connectivity index (χ3n) is 3.11. The van der Waals surface area contributed by atoms with Gasteiger partial charge >= 0.3 is 5.97 Å². The van der Waals surface area contributed by atoms with E-state index in [1.807, 2.05) is 12.1 Å². The van der Waals surface area contributed by atoms with Crippen LogP contribution in [-0.4, -0.2) is 24.1 Å². The smallest absolute Gasteiger partial charge is 0.341 e. The van der Waals surface area contributed by atoms with E-state index >= 15 is 0 Å². The fourth-order valence-corrected chi connectivity index (χ4v) is 2.11. The first kappa shape index (κ1) is 15.1. The van der Waals surface area contributed by atoms with E-state index < -0.39 is 0 Å². The van der Waals surface area contributed by atoms with Gasteiger partial charge in [0, 0.05) is 18.1 Å². The van der Waals surface area contributed by atoms with Gasteiger partial charge in [0.15, 0.2) is 0 Å². The molecule has 0 saturated heterocycles. The summed E-state index contributed by atoms with van der Waals surface area (Å²) in [6.45, 7) is 7.08. The number of pyridine rings is 1. The molecule has 0 saturated carbocycles. The molecule has 0 radical (unpaired) electrons. The summed E-state index contributed by atoms with van der Waals surface area (Å²) in [6, 6.07) is 5.56. The highest BCUT2D eigenvalue weighted by atomic mass is 16.5. The lowest BCUT2D eigenvalue weighted by atomic mass is 10.1. The van der Waals surface area contributed by atoms with Gasteiger partial charge in [0.05, 0.1) is 23.5 Å². The van der Waals surface area contributed by atoms with E-state index in [1.54, 1.807) is 13.0 Å². The van der Waals surface area contributed by atoms with Gasteiger partial charge in [0.2, 0.25) is 0 Å². The average molecular weight is 287 g/mol. The van der Waals surface area contributed by atoms with Gasteiger partial charge < -0.3 is 15.8 Å². The first-order valence-corrected chi connectivity index (χ1v) is 7.12. The van der Waals surface area contributed by atoms with Crippen LogP contribution in [0.4, 0.5) is 11.4 Å². The number of carbonyl (C=O) groups excluding carboxylic acids is 1. The number of benzene rings is 1. The molecule has 0 bridgehead atoms. The predicted octanol–water partition coefficient (Wildman–Crippen LogP) is 3.06. The monoisotopic (exact) mass is 287 g/mol. The minimum absolute atomic E-state index is 0.331. The minimum atomic E-state index is -0.374. The third kappa shape index (κ3) is 3.24. The molecule has 21 heavy (non-hydrogen) atoms. The largest absolute Gasteiger partial charge is 0.462 e. The van der Waals surface area contributed by atoms with E-state index in [9.17, 15) is 4.79 Å². The maximum Gasteiger partial charge on any atom is 0.341 e. The van der Waals surface area contributed by atoms with Crippen LogP contribution < -0.4 is 11.1 Å². The number of anilines is 2. The van der Waals surface area contributed by atoms with Crippen LogP contribution in [0, 0.1) is 5.92 Å². The number of nitrogens with two attached hydrogens (primary N) is 1. The molecule has 1 heterocycles. The summed E-state index contributed by atoms with van der Waals surface area (Å²) < 4.78 is 5.10. The number of para-hydroxylation sites is 1. The van der Waals surface area contributed by atoms with Crippen molar-refractivity contribution in [3.8, 4) is 0 Å². The lowest BCUT2D eigenvalue weighted by Crippen LogP contribution is -2.14. The molecule has 2 aromatic rings. The Morgan fingerprint density at radius 2 is 2.19 bits per heavy atom. The second-order valence-corrected chi connectivity index (χ2v) is 5.29. The quantitative estimate of drug-likeness (QED) is 0.653. The van der Waals surface area contributed by atoms with Crippen LogP contribution in [0.2, 0.25) is 0 Å². The van der Waals surface area contributed by atoms with Crippen LogP contribution in [0.1, 0.15) is 31.1 Å². The molecule has 5 nitrogen and oxygen atoms in total. The molecule has 0 atom stereocenters. The molecule has 0 unspecified atom stereocenters. The molecule has 112 valence electrons. The van der Waals surface area contributed by atoms with Gasteiger partial charge in [0.25, 0.3) is 0 Å². The molecular formula is C16H21N3O2. The maximum absolute atomic E-state index is 12.1. The van der Waals surface area contributed by atoms with Crippen molar-refractivity contribution < 1.29 is 9.53 Å². The summed E-state index contributed by atoms with van der Waals surface area (Å²) in [5.74, 6) is 0.0740. The van der Waals surface area contributed by atoms with Crippen molar-refractivity contribution in [1.82, 2.24) is 4.98 Å². The Morgan fingerprint density at radius 3 is 2.86 bits per heavy atom. The third-order valence-corrected chi connectivity index (χ3v) is 3.11. The molecule has 2 rings (SSSR count). The number of nitrogen functional groups attached to an aromatic ring is 1. The van der Waals surface area contributed by atoms with E-state index in [1.165, 1.54) is 6.20 Å². The van der Waals surface area contributed by atoms with Gasteiger partial charge in [-0.2, -0.15) is 0 Å². The normalized spacial score (nSPS) is 10.9. The lowest BCUT2D eigenvalue weighted by molar-refractivity contribution is 0.0527. The number of aromatic nitrogens is 1. The van der Waals surface area contributed by atoms with Crippen molar-refractivity contribution in [2.45, 2.75) is 20.8 Å². The summed E-state index contributed by atoms with van der Waals surface area (Å²) in [4.78, 5) is 16.4. The molecule has 3 N–H and O–H groups in total. The molecule has 0 amide bonds. The number of nitrogens with one attached hydrogen (secondary N) is 1. The molecule has 0 aliphatic rings. The first-order chi connectivity index (χ1) is 10.0. The molecule has 0 aliphatic carbocycles. The zero-order valence-corrected chi connectivity index (χ0v) is 12.6. The van der Waals surface area contributed by atoms with Gasteiger partial charge in [-0.25, -0.2) is 4.79 Å². The standard InChI is InChI=1S/C16H21N3O2/c1-4-21-16(20)12-9-19-15-11(6-5-7-13(15)17)14(12)18-8-10(2)3/h5-7,9-10H,4,8,17H2,1-3H3,(H,18,19). The summed E-state index contributed by atoms with van der Waals surface area (Å²) in [5.41, 5.74) is 8.42. The lowest BCUT2D eigenvalue weighted by Gasteiger charge is -2.16. The van der Waals surface area contributed by atoms with E-state index in [2.05, 4.69) is 24.1 Å². The zero-order chi connectivity index (χ0) is 15.4. The number of esters is 1. The summed E-state index contributed by atoms with van der Waals surface area (Å²) in [7, 11) is 0. The summed E-state index contributed by atoms with van der Waals surface area (Å²) in [6.07, 6.45) is 1.53. The Bertz CT molecular complexity index is 653. The van der Waals surface area contributed by atoms with Gasteiger partial charge in [-0.15, -0.1) is 0 Å². The number of hydrogen-bond acceptors (Lipinski definition) is 5. The van der Waals surface area contributed by atoms with Crippen molar-refractivity contribution in [2.75, 3.05) is 24.2 Å². The number of rotatable bonds is 5. The van der Waals surface area contributed by atoms with Crippen molar-refractivity contribution in [3.63, 3.8) is 0 Å². The zero-order valence-electron chi connectivity index (χ0n) is 12.6. The maximum atomic E-state index is 12.1. The number of nitrogens with zero attached hydrogens (tertiary/aromatic N) is 1. The van der Waals surface area contributed by atoms with Crippen LogP contribution >= 0.6 is 0 Å². The number of fused-ring (bicyclic) bond motifs is 1. The highest BCUT2D eigenvalue weighted by Crippen LogP contribution is 2.29. The Labute approximate surface area is 124 Å². The Hall–Kier alpha value is -2.30. The van der Waals surface area contributed by atoms with E-state index in [0.29, 0.717) is 29.3 Å². The second kappa shape index (κ2) is 6.43. The molecule has 0 aliphatic heterocycles. The highest BCUT2D eigenvalue weighted by Gasteiger charge is 2.17. The number of hydrogen-bond donors (Lipinski definition) is 2. The topological polar surface area (TPSA) is 77.2 Å². The molecule has 0 spiro atoms. The van der Waals surface area contributed by atoms with E-state index in [-0.39, 0.29) is 5.97 Å². The Morgan fingerprint density at radius 1 is 1.43 bits per heavy atom. The fourth-order valence-electron chi connectivity index (χ4n) is 2.11. The second-order valence-electron chi connectivity index (χ2n) is 5.29. The van der Waals surface area contributed by atoms with Crippen LogP contribution in [0.25, 0.3) is 10.9 Å². The predicted molar refractivity (Wildman–Crippen MR) is 85.4 cm³/mol. The van der Waals surface area contributed by atoms with Gasteiger partial charge in [-0.3, -0.25) is 4.98 Å².